The molecule has 1 aromatic heterocycles. The Labute approximate surface area is 124 Å². The van der Waals surface area contributed by atoms with Gasteiger partial charge < -0.3 is 10.7 Å². The largest absolute Gasteiger partial charge is 0.366 e. The summed E-state index contributed by atoms with van der Waals surface area (Å²) in [5.74, 6) is 6.61. The summed E-state index contributed by atoms with van der Waals surface area (Å²) in [6.07, 6.45) is 9.43. The van der Waals surface area contributed by atoms with E-state index in [0.717, 1.165) is 12.8 Å². The van der Waals surface area contributed by atoms with Gasteiger partial charge in [0.25, 0.3) is 0 Å². The van der Waals surface area contributed by atoms with E-state index in [1.54, 1.807) is 12.3 Å². The Balaban J connectivity index is 2.25. The van der Waals surface area contributed by atoms with Crippen LogP contribution < -0.4 is 5.32 Å². The zero-order valence-electron chi connectivity index (χ0n) is 11.4. The van der Waals surface area contributed by atoms with Crippen molar-refractivity contribution in [1.82, 2.24) is 9.97 Å². The molecule has 1 aromatic rings. The molecule has 0 atom stereocenters. The molecule has 1 aliphatic carbocycles. The first-order chi connectivity index (χ1) is 9.72. The molecule has 0 radical (unpaired) electrons. The number of rotatable bonds is 3. The van der Waals surface area contributed by atoms with Crippen LogP contribution in [0.4, 0.5) is 5.82 Å². The molecule has 0 bridgehead atoms. The average Bonchev–Trinajstić information content (AvgIpc) is 2.95. The zero-order valence-corrected chi connectivity index (χ0v) is 12.2. The van der Waals surface area contributed by atoms with Crippen LogP contribution in [-0.4, -0.2) is 22.2 Å². The summed E-state index contributed by atoms with van der Waals surface area (Å²) in [5, 5.41) is 10.8. The summed E-state index contributed by atoms with van der Waals surface area (Å²) in [4.78, 5) is 8.21. The van der Waals surface area contributed by atoms with E-state index < -0.39 is 0 Å². The van der Waals surface area contributed by atoms with Gasteiger partial charge in [-0.3, -0.25) is 0 Å². The normalized spacial score (nSPS) is 15.6. The van der Waals surface area contributed by atoms with Gasteiger partial charge in [0.1, 0.15) is 5.82 Å². The second-order valence-corrected chi connectivity index (χ2v) is 5.00. The highest BCUT2D eigenvalue weighted by Gasteiger charge is 2.16. The van der Waals surface area contributed by atoms with E-state index in [1.165, 1.54) is 19.1 Å². The first kappa shape index (κ1) is 14.5. The first-order valence-electron chi connectivity index (χ1n) is 6.71. The topological polar surface area (TPSA) is 61.7 Å². The molecule has 0 saturated heterocycles. The number of hydrogen-bond donors (Lipinski definition) is 2. The van der Waals surface area contributed by atoms with Gasteiger partial charge in [0, 0.05) is 24.0 Å². The van der Waals surface area contributed by atoms with E-state index in [9.17, 15) is 0 Å². The first-order valence-corrected chi connectivity index (χ1v) is 7.08. The monoisotopic (exact) mass is 288 g/mol. The number of aromatic nitrogens is 2. The molecule has 0 aliphatic heterocycles. The molecule has 1 heterocycles. The second-order valence-electron chi connectivity index (χ2n) is 4.67. The number of hydrogen-bond acceptors (Lipinski definition) is 4. The van der Waals surface area contributed by atoms with Crippen molar-refractivity contribution in [3.63, 3.8) is 0 Å². The fourth-order valence-electron chi connectivity index (χ4n) is 2.16. The molecule has 1 fully saturated rings. The van der Waals surface area contributed by atoms with Crippen molar-refractivity contribution in [2.75, 3.05) is 5.32 Å². The van der Waals surface area contributed by atoms with Crippen LogP contribution in [0.25, 0.3) is 0 Å². The van der Waals surface area contributed by atoms with Gasteiger partial charge in [-0.15, -0.1) is 0 Å². The van der Waals surface area contributed by atoms with Crippen molar-refractivity contribution < 1.29 is 0 Å². The SMILES string of the molecule is C/C=C(/C#Cc1cnc(Cl)nc1NC1CCCC1)C=N. The number of nitrogens with zero attached hydrogens (tertiary/aromatic N) is 2. The van der Waals surface area contributed by atoms with Gasteiger partial charge in [0.05, 0.1) is 5.56 Å². The molecule has 5 heteroatoms. The van der Waals surface area contributed by atoms with Crippen molar-refractivity contribution >= 4 is 23.6 Å². The van der Waals surface area contributed by atoms with E-state index in [1.807, 2.05) is 6.92 Å². The minimum atomic E-state index is 0.217. The number of halogens is 1. The molecule has 20 heavy (non-hydrogen) atoms. The predicted molar refractivity (Wildman–Crippen MR) is 82.3 cm³/mol. The van der Waals surface area contributed by atoms with E-state index in [-0.39, 0.29) is 5.28 Å². The van der Waals surface area contributed by atoms with Gasteiger partial charge in [0.15, 0.2) is 0 Å². The fourth-order valence-corrected chi connectivity index (χ4v) is 2.29. The summed E-state index contributed by atoms with van der Waals surface area (Å²) in [5.41, 5.74) is 1.37. The molecule has 0 unspecified atom stereocenters. The number of anilines is 1. The highest BCUT2D eigenvalue weighted by atomic mass is 35.5. The summed E-state index contributed by atoms with van der Waals surface area (Å²) in [6.45, 7) is 1.85. The van der Waals surface area contributed by atoms with E-state index in [4.69, 9.17) is 17.0 Å². The molecule has 0 amide bonds. The Morgan fingerprint density at radius 1 is 1.50 bits per heavy atom. The molecule has 4 nitrogen and oxygen atoms in total. The summed E-state index contributed by atoms with van der Waals surface area (Å²) < 4.78 is 0. The fraction of sp³-hybridized carbons (Fsp3) is 0.400. The van der Waals surface area contributed by atoms with Gasteiger partial charge in [-0.25, -0.2) is 4.98 Å². The van der Waals surface area contributed by atoms with Crippen molar-refractivity contribution in [2.45, 2.75) is 38.6 Å². The molecule has 1 saturated carbocycles. The Bertz CT molecular complexity index is 577. The third kappa shape index (κ3) is 3.82. The summed E-state index contributed by atoms with van der Waals surface area (Å²) in [6, 6.07) is 0.436. The van der Waals surface area contributed by atoms with Crippen LogP contribution in [0, 0.1) is 17.3 Å². The van der Waals surface area contributed by atoms with Crippen LogP contribution in [0.2, 0.25) is 5.28 Å². The molecular weight excluding hydrogens is 272 g/mol. The summed E-state index contributed by atoms with van der Waals surface area (Å²) in [7, 11) is 0. The van der Waals surface area contributed by atoms with Crippen LogP contribution >= 0.6 is 11.6 Å². The lowest BCUT2D eigenvalue weighted by Gasteiger charge is -2.13. The van der Waals surface area contributed by atoms with Gasteiger partial charge in [-0.1, -0.05) is 30.8 Å². The van der Waals surface area contributed by atoms with Crippen LogP contribution in [-0.2, 0) is 0 Å². The minimum Gasteiger partial charge on any atom is -0.366 e. The van der Waals surface area contributed by atoms with E-state index in [2.05, 4.69) is 27.1 Å². The van der Waals surface area contributed by atoms with Gasteiger partial charge >= 0.3 is 0 Å². The average molecular weight is 289 g/mol. The maximum absolute atomic E-state index is 7.23. The van der Waals surface area contributed by atoms with E-state index >= 15 is 0 Å². The van der Waals surface area contributed by atoms with Gasteiger partial charge in [0.2, 0.25) is 5.28 Å². The van der Waals surface area contributed by atoms with Crippen molar-refractivity contribution in [3.05, 3.63) is 28.7 Å². The van der Waals surface area contributed by atoms with Gasteiger partial charge in [-0.2, -0.15) is 4.98 Å². The number of allylic oxidation sites excluding steroid dienone is 2. The Kier molecular flexibility index (Phi) is 5.14. The van der Waals surface area contributed by atoms with Crippen LogP contribution in [0.5, 0.6) is 0 Å². The lowest BCUT2D eigenvalue weighted by molar-refractivity contribution is 0.749. The second kappa shape index (κ2) is 7.06. The highest BCUT2D eigenvalue weighted by Crippen LogP contribution is 2.23. The molecule has 2 rings (SSSR count). The third-order valence-corrected chi connectivity index (χ3v) is 3.45. The molecule has 2 N–H and O–H groups in total. The number of nitrogens with one attached hydrogen (secondary N) is 2. The van der Waals surface area contributed by atoms with Crippen molar-refractivity contribution in [1.29, 1.82) is 5.41 Å². The zero-order chi connectivity index (χ0) is 14.4. The Morgan fingerprint density at radius 3 is 2.90 bits per heavy atom. The lowest BCUT2D eigenvalue weighted by atomic mass is 10.2. The smallest absolute Gasteiger partial charge is 0.224 e. The summed E-state index contributed by atoms with van der Waals surface area (Å²) >= 11 is 5.86. The lowest BCUT2D eigenvalue weighted by Crippen LogP contribution is -2.16. The molecule has 104 valence electrons. The maximum Gasteiger partial charge on any atom is 0.224 e. The van der Waals surface area contributed by atoms with Crippen LogP contribution in [0.1, 0.15) is 38.2 Å². The Morgan fingerprint density at radius 2 is 2.25 bits per heavy atom. The predicted octanol–water partition coefficient (Wildman–Crippen LogP) is 3.43. The minimum absolute atomic E-state index is 0.217. The molecule has 0 aromatic carbocycles. The van der Waals surface area contributed by atoms with E-state index in [0.29, 0.717) is 23.0 Å². The third-order valence-electron chi connectivity index (χ3n) is 3.26. The quantitative estimate of drug-likeness (QED) is 0.509. The highest BCUT2D eigenvalue weighted by molar-refractivity contribution is 6.28. The molecule has 1 aliphatic rings. The van der Waals surface area contributed by atoms with Crippen molar-refractivity contribution in [3.8, 4) is 11.8 Å². The molecular formula is C15H17ClN4. The molecule has 0 spiro atoms. The van der Waals surface area contributed by atoms with Gasteiger partial charge in [-0.05, 0) is 31.4 Å². The standard InChI is InChI=1S/C15H17ClN4/c1-2-11(9-17)7-8-12-10-18-15(16)20-14(12)19-13-5-3-4-6-13/h2,9-10,13,17H,3-6H2,1H3,(H,18,19,20)/b11-2-,17-9?. The maximum atomic E-state index is 7.23. The van der Waals surface area contributed by atoms with Crippen LogP contribution in [0.3, 0.4) is 0 Å². The Hall–Kier alpha value is -1.86. The van der Waals surface area contributed by atoms with Crippen molar-refractivity contribution in [2.24, 2.45) is 0 Å². The van der Waals surface area contributed by atoms with Crippen LogP contribution in [0.15, 0.2) is 17.8 Å².